The minimum absolute atomic E-state index is 0.0399. The molecule has 0 spiro atoms. The van der Waals surface area contributed by atoms with E-state index < -0.39 is 28.5 Å². The molecule has 4 aromatic rings. The Labute approximate surface area is 271 Å². The summed E-state index contributed by atoms with van der Waals surface area (Å²) in [5.41, 5.74) is 3.50. The molecule has 7 nitrogen and oxygen atoms in total. The maximum Gasteiger partial charge on any atom is 0.264 e. The van der Waals surface area contributed by atoms with Crippen LogP contribution in [0.15, 0.2) is 108 Å². The minimum atomic E-state index is -4.20. The number of carbonyl (C=O) groups is 2. The molecule has 0 radical (unpaired) electrons. The first-order valence-electron chi connectivity index (χ1n) is 15.0. The number of benzene rings is 4. The quantitative estimate of drug-likeness (QED) is 0.178. The SMILES string of the molecule is Cc1ccccc1CN(C(=O)CN(c1cccc(Cl)c1C)S(=O)(=O)c1ccccc1)[C@H](Cc1ccccc1)C(=O)NCC(C)C. The van der Waals surface area contributed by atoms with E-state index in [1.165, 1.54) is 17.0 Å². The van der Waals surface area contributed by atoms with Crippen molar-refractivity contribution in [2.75, 3.05) is 17.4 Å². The lowest BCUT2D eigenvalue weighted by atomic mass is 10.0. The summed E-state index contributed by atoms with van der Waals surface area (Å²) in [5, 5.41) is 3.39. The minimum Gasteiger partial charge on any atom is -0.354 e. The third-order valence-corrected chi connectivity index (χ3v) is 9.86. The second-order valence-electron chi connectivity index (χ2n) is 11.5. The van der Waals surface area contributed by atoms with Crippen molar-refractivity contribution in [1.29, 1.82) is 0 Å². The van der Waals surface area contributed by atoms with Crippen LogP contribution in [0.2, 0.25) is 5.02 Å². The molecule has 0 aliphatic carbocycles. The average Bonchev–Trinajstić information content (AvgIpc) is 3.03. The number of hydrogen-bond donors (Lipinski definition) is 1. The van der Waals surface area contributed by atoms with E-state index in [0.29, 0.717) is 22.8 Å². The van der Waals surface area contributed by atoms with Crippen molar-refractivity contribution < 1.29 is 18.0 Å². The van der Waals surface area contributed by atoms with Crippen molar-refractivity contribution >= 4 is 39.1 Å². The van der Waals surface area contributed by atoms with E-state index in [0.717, 1.165) is 21.0 Å². The first-order valence-corrected chi connectivity index (χ1v) is 16.8. The molecule has 0 unspecified atom stereocenters. The fourth-order valence-corrected chi connectivity index (χ4v) is 6.71. The molecule has 45 heavy (non-hydrogen) atoms. The summed E-state index contributed by atoms with van der Waals surface area (Å²) < 4.78 is 29.4. The van der Waals surface area contributed by atoms with E-state index in [1.807, 2.05) is 75.4 Å². The molecule has 0 saturated heterocycles. The Balaban J connectivity index is 1.83. The highest BCUT2D eigenvalue weighted by Gasteiger charge is 2.35. The third kappa shape index (κ3) is 8.53. The van der Waals surface area contributed by atoms with Gasteiger partial charge in [-0.15, -0.1) is 0 Å². The van der Waals surface area contributed by atoms with Crippen LogP contribution in [-0.2, 0) is 32.6 Å². The van der Waals surface area contributed by atoms with Gasteiger partial charge in [0.2, 0.25) is 11.8 Å². The van der Waals surface area contributed by atoms with Gasteiger partial charge < -0.3 is 10.2 Å². The molecule has 9 heteroatoms. The molecule has 0 heterocycles. The summed E-state index contributed by atoms with van der Waals surface area (Å²) in [6.07, 6.45) is 0.254. The van der Waals surface area contributed by atoms with Crippen LogP contribution >= 0.6 is 11.6 Å². The molecule has 0 fully saturated rings. The fourth-order valence-electron chi connectivity index (χ4n) is 5.05. The molecule has 2 amide bonds. The zero-order valence-corrected chi connectivity index (χ0v) is 27.7. The highest BCUT2D eigenvalue weighted by Crippen LogP contribution is 2.31. The van der Waals surface area contributed by atoms with Gasteiger partial charge in [0.05, 0.1) is 10.6 Å². The summed E-state index contributed by atoms with van der Waals surface area (Å²) in [6.45, 7) is 7.69. The van der Waals surface area contributed by atoms with Gasteiger partial charge >= 0.3 is 0 Å². The zero-order chi connectivity index (χ0) is 32.6. The van der Waals surface area contributed by atoms with Gasteiger partial charge in [-0.2, -0.15) is 0 Å². The van der Waals surface area contributed by atoms with Crippen molar-refractivity contribution in [3.05, 3.63) is 130 Å². The van der Waals surface area contributed by atoms with Gasteiger partial charge in [0.25, 0.3) is 10.0 Å². The van der Waals surface area contributed by atoms with E-state index >= 15 is 0 Å². The highest BCUT2D eigenvalue weighted by atomic mass is 35.5. The summed E-state index contributed by atoms with van der Waals surface area (Å²) >= 11 is 6.45. The normalized spacial score (nSPS) is 12.0. The lowest BCUT2D eigenvalue weighted by Crippen LogP contribution is -2.54. The van der Waals surface area contributed by atoms with Gasteiger partial charge in [0.1, 0.15) is 12.6 Å². The molecule has 1 atom stereocenters. The van der Waals surface area contributed by atoms with Crippen LogP contribution in [0, 0.1) is 19.8 Å². The summed E-state index contributed by atoms with van der Waals surface area (Å²) in [7, 11) is -4.20. The standard InChI is InChI=1S/C36H40ClN3O4S/c1-26(2)23-38-36(42)34(22-29-15-7-5-8-16-29)39(24-30-17-12-11-14-27(30)3)35(41)25-40(33-21-13-20-32(37)28(33)4)45(43,44)31-18-9-6-10-19-31/h5-21,26,34H,22-25H2,1-4H3,(H,38,42)/t34-/m1/s1. The van der Waals surface area contributed by atoms with Crippen LogP contribution in [0.3, 0.4) is 0 Å². The second-order valence-corrected chi connectivity index (χ2v) is 13.8. The van der Waals surface area contributed by atoms with E-state index in [2.05, 4.69) is 5.32 Å². The average molecular weight is 646 g/mol. The number of nitrogens with zero attached hydrogens (tertiary/aromatic N) is 2. The Morgan fingerprint density at radius 1 is 0.822 bits per heavy atom. The number of amides is 2. The topological polar surface area (TPSA) is 86.8 Å². The molecule has 0 saturated carbocycles. The van der Waals surface area contributed by atoms with Crippen molar-refractivity contribution in [2.24, 2.45) is 5.92 Å². The molecule has 0 bridgehead atoms. The number of halogens is 1. The molecule has 0 aliphatic heterocycles. The molecule has 0 aromatic heterocycles. The van der Waals surface area contributed by atoms with Crippen LogP contribution in [0.1, 0.15) is 36.1 Å². The van der Waals surface area contributed by atoms with Crippen molar-refractivity contribution in [3.63, 3.8) is 0 Å². The van der Waals surface area contributed by atoms with Gasteiger partial charge in [-0.1, -0.05) is 104 Å². The second kappa shape index (κ2) is 15.2. The zero-order valence-electron chi connectivity index (χ0n) is 26.1. The predicted octanol–water partition coefficient (Wildman–Crippen LogP) is 6.56. The van der Waals surface area contributed by atoms with E-state index in [1.54, 1.807) is 43.3 Å². The van der Waals surface area contributed by atoms with Crippen LogP contribution in [0.25, 0.3) is 0 Å². The number of anilines is 1. The lowest BCUT2D eigenvalue weighted by Gasteiger charge is -2.34. The van der Waals surface area contributed by atoms with Crippen LogP contribution in [-0.4, -0.2) is 44.3 Å². The van der Waals surface area contributed by atoms with Crippen LogP contribution < -0.4 is 9.62 Å². The fraction of sp³-hybridized carbons (Fsp3) is 0.278. The molecule has 4 rings (SSSR count). The molecule has 236 valence electrons. The number of hydrogen-bond acceptors (Lipinski definition) is 4. The van der Waals surface area contributed by atoms with Gasteiger partial charge in [-0.05, 0) is 66.3 Å². The monoisotopic (exact) mass is 645 g/mol. The molecule has 1 N–H and O–H groups in total. The number of nitrogens with one attached hydrogen (secondary N) is 1. The summed E-state index contributed by atoms with van der Waals surface area (Å²) in [4.78, 5) is 30.0. The molecule has 4 aromatic carbocycles. The van der Waals surface area contributed by atoms with Gasteiger partial charge in [-0.3, -0.25) is 13.9 Å². The third-order valence-electron chi connectivity index (χ3n) is 7.68. The summed E-state index contributed by atoms with van der Waals surface area (Å²) in [5.74, 6) is -0.618. The van der Waals surface area contributed by atoms with Crippen molar-refractivity contribution in [2.45, 2.75) is 51.6 Å². The van der Waals surface area contributed by atoms with E-state index in [9.17, 15) is 18.0 Å². The predicted molar refractivity (Wildman–Crippen MR) is 181 cm³/mol. The number of aryl methyl sites for hydroxylation is 1. The Kier molecular flexibility index (Phi) is 11.4. The van der Waals surface area contributed by atoms with Gasteiger partial charge in [-0.25, -0.2) is 8.42 Å². The first kappa shape index (κ1) is 33.7. The number of sulfonamides is 1. The van der Waals surface area contributed by atoms with Crippen molar-refractivity contribution in [3.8, 4) is 0 Å². The maximum absolute atomic E-state index is 14.6. The van der Waals surface area contributed by atoms with Crippen LogP contribution in [0.4, 0.5) is 5.69 Å². The van der Waals surface area contributed by atoms with Crippen molar-refractivity contribution in [1.82, 2.24) is 10.2 Å². The number of rotatable bonds is 13. The van der Waals surface area contributed by atoms with E-state index in [4.69, 9.17) is 11.6 Å². The Morgan fingerprint density at radius 3 is 2.09 bits per heavy atom. The summed E-state index contributed by atoms with van der Waals surface area (Å²) in [6, 6.07) is 29.2. The molecule has 0 aliphatic rings. The van der Waals surface area contributed by atoms with Gasteiger partial charge in [0, 0.05) is 24.5 Å². The number of carbonyl (C=O) groups excluding carboxylic acids is 2. The first-order chi connectivity index (χ1) is 21.5. The molecular weight excluding hydrogens is 606 g/mol. The van der Waals surface area contributed by atoms with E-state index in [-0.39, 0.29) is 29.7 Å². The lowest BCUT2D eigenvalue weighted by molar-refractivity contribution is -0.140. The largest absolute Gasteiger partial charge is 0.354 e. The Bertz CT molecular complexity index is 1710. The molecular formula is C36H40ClN3O4S. The Morgan fingerprint density at radius 2 is 1.44 bits per heavy atom. The van der Waals surface area contributed by atoms with Crippen LogP contribution in [0.5, 0.6) is 0 Å². The maximum atomic E-state index is 14.6. The highest BCUT2D eigenvalue weighted by molar-refractivity contribution is 7.92. The smallest absolute Gasteiger partial charge is 0.264 e. The Hall–Kier alpha value is -4.14. The van der Waals surface area contributed by atoms with Gasteiger partial charge in [0.15, 0.2) is 0 Å².